The van der Waals surface area contributed by atoms with Gasteiger partial charge in [0.2, 0.25) is 5.91 Å². The first-order valence-corrected chi connectivity index (χ1v) is 11.9. The number of carbonyl (C=O) groups excluding carboxylic acids is 3. The second-order valence-corrected chi connectivity index (χ2v) is 8.88. The zero-order valence-electron chi connectivity index (χ0n) is 20.5. The number of rotatable bonds is 8. The van der Waals surface area contributed by atoms with E-state index in [1.54, 1.807) is 20.8 Å². The van der Waals surface area contributed by atoms with E-state index in [-0.39, 0.29) is 24.4 Å². The maximum Gasteiger partial charge on any atom is 0.257 e. The van der Waals surface area contributed by atoms with Gasteiger partial charge in [0, 0.05) is 13.1 Å². The number of amides is 3. The summed E-state index contributed by atoms with van der Waals surface area (Å²) in [7, 11) is 0. The van der Waals surface area contributed by atoms with Crippen LogP contribution in [-0.4, -0.2) is 51.6 Å². The zero-order valence-corrected chi connectivity index (χ0v) is 20.5. The van der Waals surface area contributed by atoms with Gasteiger partial charge in [-0.25, -0.2) is 0 Å². The van der Waals surface area contributed by atoms with Gasteiger partial charge in [0.1, 0.15) is 17.4 Å². The van der Waals surface area contributed by atoms with Crippen molar-refractivity contribution in [1.29, 1.82) is 0 Å². The number of aliphatic hydroxyl groups excluding tert-OH is 1. The number of hydrogen-bond donors (Lipinski definition) is 3. The molecule has 2 aromatic carbocycles. The third-order valence-electron chi connectivity index (χ3n) is 6.39. The number of hydrogen-bond acceptors (Lipinski definition) is 6. The number of nitrogens with one attached hydrogen (secondary N) is 2. The summed E-state index contributed by atoms with van der Waals surface area (Å²) in [6.07, 6.45) is -1.39. The Bertz CT molecular complexity index is 1240. The van der Waals surface area contributed by atoms with Crippen molar-refractivity contribution in [1.82, 2.24) is 20.7 Å². The standard InChI is InChI=1S/C27H30N4O5/c1-4-28-26(34)23-20-13-9-8-12-19(20)15-31(23)27(35)24(32)21(14-18-10-6-5-7-11-18)29-25(33)22-16(2)30-36-17(22)3/h5-13,21,23-24,32H,4,14-15H2,1-3H3,(H,28,34)(H,29,33). The summed E-state index contributed by atoms with van der Waals surface area (Å²) in [5, 5.41) is 20.7. The number of likely N-dealkylation sites (N-methyl/N-ethyl adjacent to an activating group) is 1. The monoisotopic (exact) mass is 490 g/mol. The molecule has 0 saturated carbocycles. The Morgan fingerprint density at radius 2 is 1.81 bits per heavy atom. The lowest BCUT2D eigenvalue weighted by Crippen LogP contribution is -2.53. The lowest BCUT2D eigenvalue weighted by molar-refractivity contribution is -0.148. The highest BCUT2D eigenvalue weighted by molar-refractivity contribution is 5.97. The Morgan fingerprint density at radius 1 is 1.11 bits per heavy atom. The van der Waals surface area contributed by atoms with E-state index in [1.165, 1.54) is 4.90 Å². The lowest BCUT2D eigenvalue weighted by atomic mass is 9.99. The average molecular weight is 491 g/mol. The number of aryl methyl sites for hydroxylation is 2. The highest BCUT2D eigenvalue weighted by Crippen LogP contribution is 2.34. The van der Waals surface area contributed by atoms with Gasteiger partial charge >= 0.3 is 0 Å². The SMILES string of the molecule is CCNC(=O)C1c2ccccc2CN1C(=O)C(O)C(Cc1ccccc1)NC(=O)c1c(C)noc1C. The minimum Gasteiger partial charge on any atom is -0.381 e. The Balaban J connectivity index is 1.63. The molecular weight excluding hydrogens is 460 g/mol. The van der Waals surface area contributed by atoms with Crippen LogP contribution in [0.15, 0.2) is 59.1 Å². The van der Waals surface area contributed by atoms with E-state index in [2.05, 4.69) is 15.8 Å². The van der Waals surface area contributed by atoms with Crippen LogP contribution in [0, 0.1) is 13.8 Å². The van der Waals surface area contributed by atoms with E-state index in [4.69, 9.17) is 4.52 Å². The molecule has 2 heterocycles. The highest BCUT2D eigenvalue weighted by Gasteiger charge is 2.42. The van der Waals surface area contributed by atoms with Gasteiger partial charge in [0.25, 0.3) is 11.8 Å². The van der Waals surface area contributed by atoms with Crippen molar-refractivity contribution in [2.24, 2.45) is 0 Å². The largest absolute Gasteiger partial charge is 0.381 e. The van der Waals surface area contributed by atoms with E-state index < -0.39 is 30.0 Å². The first-order chi connectivity index (χ1) is 17.3. The van der Waals surface area contributed by atoms with Crippen molar-refractivity contribution in [3.05, 3.63) is 88.3 Å². The number of nitrogens with zero attached hydrogens (tertiary/aromatic N) is 2. The summed E-state index contributed by atoms with van der Waals surface area (Å²) in [6, 6.07) is 14.8. The molecule has 9 heteroatoms. The molecule has 3 atom stereocenters. The molecule has 1 aliphatic rings. The fourth-order valence-electron chi connectivity index (χ4n) is 4.65. The topological polar surface area (TPSA) is 125 Å². The molecule has 3 aromatic rings. The van der Waals surface area contributed by atoms with Gasteiger partial charge in [-0.15, -0.1) is 0 Å². The highest BCUT2D eigenvalue weighted by atomic mass is 16.5. The molecule has 0 spiro atoms. The van der Waals surface area contributed by atoms with Gasteiger partial charge in [-0.1, -0.05) is 59.8 Å². The average Bonchev–Trinajstić information content (AvgIpc) is 3.43. The third kappa shape index (κ3) is 5.01. The van der Waals surface area contributed by atoms with E-state index >= 15 is 0 Å². The van der Waals surface area contributed by atoms with Gasteiger partial charge in [-0.05, 0) is 43.9 Å². The molecule has 0 fully saturated rings. The predicted molar refractivity (Wildman–Crippen MR) is 132 cm³/mol. The Kier molecular flexibility index (Phi) is 7.49. The van der Waals surface area contributed by atoms with Crippen LogP contribution in [0.5, 0.6) is 0 Å². The molecule has 1 aliphatic heterocycles. The summed E-state index contributed by atoms with van der Waals surface area (Å²) in [5.74, 6) is -1.11. The smallest absolute Gasteiger partial charge is 0.257 e. The molecule has 3 N–H and O–H groups in total. The fourth-order valence-corrected chi connectivity index (χ4v) is 4.65. The van der Waals surface area contributed by atoms with Crippen molar-refractivity contribution in [3.8, 4) is 0 Å². The molecule has 4 rings (SSSR count). The number of benzene rings is 2. The van der Waals surface area contributed by atoms with Crippen LogP contribution in [0.2, 0.25) is 0 Å². The predicted octanol–water partition coefficient (Wildman–Crippen LogP) is 2.21. The molecule has 0 radical (unpaired) electrons. The summed E-state index contributed by atoms with van der Waals surface area (Å²) in [6.45, 7) is 5.68. The first-order valence-electron chi connectivity index (χ1n) is 11.9. The minimum atomic E-state index is -1.60. The van der Waals surface area contributed by atoms with Crippen LogP contribution in [0.25, 0.3) is 0 Å². The van der Waals surface area contributed by atoms with Crippen LogP contribution < -0.4 is 10.6 Å². The normalized spacial score (nSPS) is 16.2. The van der Waals surface area contributed by atoms with Gasteiger partial charge in [0.15, 0.2) is 6.10 Å². The second-order valence-electron chi connectivity index (χ2n) is 8.88. The van der Waals surface area contributed by atoms with Crippen molar-refractivity contribution < 1.29 is 24.0 Å². The number of carbonyl (C=O) groups is 3. The van der Waals surface area contributed by atoms with Crippen LogP contribution >= 0.6 is 0 Å². The van der Waals surface area contributed by atoms with Crippen molar-refractivity contribution >= 4 is 17.7 Å². The Hall–Kier alpha value is -3.98. The molecule has 3 unspecified atom stereocenters. The molecule has 1 aromatic heterocycles. The third-order valence-corrected chi connectivity index (χ3v) is 6.39. The van der Waals surface area contributed by atoms with E-state index in [0.29, 0.717) is 18.0 Å². The Morgan fingerprint density at radius 3 is 2.47 bits per heavy atom. The summed E-state index contributed by atoms with van der Waals surface area (Å²) < 4.78 is 5.11. The van der Waals surface area contributed by atoms with E-state index in [9.17, 15) is 19.5 Å². The van der Waals surface area contributed by atoms with Crippen molar-refractivity contribution in [3.63, 3.8) is 0 Å². The summed E-state index contributed by atoms with van der Waals surface area (Å²) >= 11 is 0. The summed E-state index contributed by atoms with van der Waals surface area (Å²) in [4.78, 5) is 41.1. The maximum absolute atomic E-state index is 13.7. The molecule has 0 saturated heterocycles. The minimum absolute atomic E-state index is 0.184. The number of aromatic nitrogens is 1. The lowest BCUT2D eigenvalue weighted by Gasteiger charge is -2.30. The molecule has 188 valence electrons. The van der Waals surface area contributed by atoms with Crippen molar-refractivity contribution in [2.45, 2.75) is 51.9 Å². The number of aliphatic hydroxyl groups is 1. The molecule has 0 bridgehead atoms. The first kappa shape index (κ1) is 25.1. The van der Waals surface area contributed by atoms with E-state index in [0.717, 1.165) is 16.7 Å². The number of fused-ring (bicyclic) bond motifs is 1. The summed E-state index contributed by atoms with van der Waals surface area (Å²) in [5.41, 5.74) is 3.08. The molecule has 36 heavy (non-hydrogen) atoms. The van der Waals surface area contributed by atoms with Crippen LogP contribution in [0.1, 0.15) is 51.5 Å². The van der Waals surface area contributed by atoms with Gasteiger partial charge in [0.05, 0.1) is 11.7 Å². The molecule has 0 aliphatic carbocycles. The van der Waals surface area contributed by atoms with Gasteiger partial charge in [-0.3, -0.25) is 14.4 Å². The van der Waals surface area contributed by atoms with Gasteiger partial charge in [-0.2, -0.15) is 0 Å². The quantitative estimate of drug-likeness (QED) is 0.445. The molecule has 3 amide bonds. The van der Waals surface area contributed by atoms with Crippen LogP contribution in [-0.2, 0) is 22.6 Å². The fraction of sp³-hybridized carbons (Fsp3) is 0.333. The maximum atomic E-state index is 13.7. The van der Waals surface area contributed by atoms with Crippen LogP contribution in [0.4, 0.5) is 0 Å². The van der Waals surface area contributed by atoms with Gasteiger partial charge < -0.3 is 25.2 Å². The molecule has 9 nitrogen and oxygen atoms in total. The second kappa shape index (κ2) is 10.7. The zero-order chi connectivity index (χ0) is 25.8. The molecular formula is C27H30N4O5. The Labute approximate surface area is 209 Å². The van der Waals surface area contributed by atoms with Crippen LogP contribution in [0.3, 0.4) is 0 Å². The van der Waals surface area contributed by atoms with Crippen molar-refractivity contribution in [2.75, 3.05) is 6.54 Å². The van der Waals surface area contributed by atoms with E-state index in [1.807, 2.05) is 54.6 Å².